The third-order valence-electron chi connectivity index (χ3n) is 2.16. The molecule has 0 saturated carbocycles. The first-order valence-electron chi connectivity index (χ1n) is 6.26. The quantitative estimate of drug-likeness (QED) is 0.651. The summed E-state index contributed by atoms with van der Waals surface area (Å²) in [6, 6.07) is 3.26. The third kappa shape index (κ3) is 6.56. The summed E-state index contributed by atoms with van der Waals surface area (Å²) in [5.41, 5.74) is 0. The molecule has 106 valence electrons. The zero-order valence-corrected chi connectivity index (χ0v) is 11.6. The summed E-state index contributed by atoms with van der Waals surface area (Å²) in [6.45, 7) is 5.25. The number of amides is 2. The van der Waals surface area contributed by atoms with Crippen LogP contribution in [0.5, 0.6) is 0 Å². The second kappa shape index (κ2) is 8.25. The lowest BCUT2D eigenvalue weighted by molar-refractivity contribution is 0.197. The molecular formula is C12H21N5O2. The maximum absolute atomic E-state index is 11.4. The summed E-state index contributed by atoms with van der Waals surface area (Å²) in [6.07, 6.45) is 0.898. The van der Waals surface area contributed by atoms with Crippen LogP contribution in [-0.2, 0) is 4.74 Å². The molecule has 0 radical (unpaired) electrons. The van der Waals surface area contributed by atoms with Crippen LogP contribution in [0.3, 0.4) is 0 Å². The highest BCUT2D eigenvalue weighted by Gasteiger charge is 2.04. The van der Waals surface area contributed by atoms with Crippen LogP contribution in [0, 0.1) is 0 Å². The number of urea groups is 1. The molecule has 1 rings (SSSR count). The molecule has 1 aromatic rings. The molecule has 7 heteroatoms. The molecule has 0 unspecified atom stereocenters. The number of nitrogens with one attached hydrogen (secondary N) is 3. The fourth-order valence-corrected chi connectivity index (χ4v) is 1.34. The number of ether oxygens (including phenoxy) is 1. The van der Waals surface area contributed by atoms with Crippen LogP contribution in [0.15, 0.2) is 12.1 Å². The Morgan fingerprint density at radius 3 is 2.58 bits per heavy atom. The lowest BCUT2D eigenvalue weighted by Gasteiger charge is -2.09. The molecule has 3 N–H and O–H groups in total. The van der Waals surface area contributed by atoms with E-state index < -0.39 is 0 Å². The first-order chi connectivity index (χ1) is 9.11. The number of hydrogen-bond donors (Lipinski definition) is 3. The van der Waals surface area contributed by atoms with Gasteiger partial charge in [0.25, 0.3) is 0 Å². The zero-order valence-electron chi connectivity index (χ0n) is 11.6. The topological polar surface area (TPSA) is 88.2 Å². The smallest absolute Gasteiger partial charge is 0.320 e. The van der Waals surface area contributed by atoms with Crippen molar-refractivity contribution < 1.29 is 9.53 Å². The number of methoxy groups -OCH3 is 1. The molecule has 0 fully saturated rings. The van der Waals surface area contributed by atoms with E-state index in [4.69, 9.17) is 4.74 Å². The number of hydrogen-bond acceptors (Lipinski definition) is 5. The molecule has 0 aliphatic heterocycles. The fourth-order valence-electron chi connectivity index (χ4n) is 1.34. The van der Waals surface area contributed by atoms with Gasteiger partial charge in [0.1, 0.15) is 5.82 Å². The summed E-state index contributed by atoms with van der Waals surface area (Å²) in [5.74, 6) is 1.09. The fraction of sp³-hybridized carbons (Fsp3) is 0.583. The molecule has 0 atom stereocenters. The molecule has 19 heavy (non-hydrogen) atoms. The Labute approximate surface area is 113 Å². The number of anilines is 2. The Morgan fingerprint density at radius 1 is 1.32 bits per heavy atom. The van der Waals surface area contributed by atoms with Crippen molar-refractivity contribution in [3.05, 3.63) is 12.1 Å². The summed E-state index contributed by atoms with van der Waals surface area (Å²) >= 11 is 0. The predicted molar refractivity (Wildman–Crippen MR) is 74.3 cm³/mol. The van der Waals surface area contributed by atoms with Gasteiger partial charge >= 0.3 is 6.03 Å². The highest BCUT2D eigenvalue weighted by Crippen LogP contribution is 2.05. The van der Waals surface area contributed by atoms with E-state index in [1.807, 2.05) is 13.8 Å². The van der Waals surface area contributed by atoms with Gasteiger partial charge in [-0.25, -0.2) is 4.79 Å². The Morgan fingerprint density at radius 2 is 2.00 bits per heavy atom. The standard InChI is InChI=1S/C12H21N5O2/c1-9(2)14-12(18)15-11-6-5-10(16-17-11)13-7-4-8-19-3/h5-6,9H,4,7-8H2,1-3H3,(H,13,16)(H2,14,15,17,18). The summed E-state index contributed by atoms with van der Waals surface area (Å²) in [7, 11) is 1.67. The van der Waals surface area contributed by atoms with E-state index in [-0.39, 0.29) is 12.1 Å². The summed E-state index contributed by atoms with van der Waals surface area (Å²) in [4.78, 5) is 11.4. The van der Waals surface area contributed by atoms with E-state index >= 15 is 0 Å². The Balaban J connectivity index is 2.36. The molecule has 0 aliphatic rings. The predicted octanol–water partition coefficient (Wildman–Crippen LogP) is 1.45. The maximum atomic E-state index is 11.4. The Kier molecular flexibility index (Phi) is 6.59. The normalized spacial score (nSPS) is 10.3. The SMILES string of the molecule is COCCCNc1ccc(NC(=O)NC(C)C)nn1. The average molecular weight is 267 g/mol. The lowest BCUT2D eigenvalue weighted by Crippen LogP contribution is -2.34. The van der Waals surface area contributed by atoms with E-state index in [1.165, 1.54) is 0 Å². The van der Waals surface area contributed by atoms with Crippen LogP contribution in [0.25, 0.3) is 0 Å². The van der Waals surface area contributed by atoms with Crippen LogP contribution in [-0.4, -0.2) is 42.5 Å². The van der Waals surface area contributed by atoms with Gasteiger partial charge in [-0.3, -0.25) is 5.32 Å². The molecule has 1 aromatic heterocycles. The van der Waals surface area contributed by atoms with E-state index in [0.29, 0.717) is 18.2 Å². The zero-order chi connectivity index (χ0) is 14.1. The summed E-state index contributed by atoms with van der Waals surface area (Å²) < 4.78 is 4.94. The van der Waals surface area contributed by atoms with E-state index in [9.17, 15) is 4.79 Å². The van der Waals surface area contributed by atoms with Crippen LogP contribution in [0.2, 0.25) is 0 Å². The molecule has 1 heterocycles. The average Bonchev–Trinajstić information content (AvgIpc) is 2.35. The van der Waals surface area contributed by atoms with Crippen molar-refractivity contribution >= 4 is 17.7 Å². The second-order valence-electron chi connectivity index (χ2n) is 4.33. The molecule has 0 spiro atoms. The van der Waals surface area contributed by atoms with Crippen molar-refractivity contribution in [3.63, 3.8) is 0 Å². The first kappa shape index (κ1) is 15.2. The van der Waals surface area contributed by atoms with Gasteiger partial charge in [0.05, 0.1) is 0 Å². The lowest BCUT2D eigenvalue weighted by atomic mass is 10.4. The van der Waals surface area contributed by atoms with Crippen molar-refractivity contribution in [2.45, 2.75) is 26.3 Å². The van der Waals surface area contributed by atoms with Gasteiger partial charge in [-0.2, -0.15) is 0 Å². The van der Waals surface area contributed by atoms with Crippen molar-refractivity contribution in [2.75, 3.05) is 30.9 Å². The van der Waals surface area contributed by atoms with Gasteiger partial charge in [-0.1, -0.05) is 0 Å². The number of nitrogens with zero attached hydrogens (tertiary/aromatic N) is 2. The molecule has 0 aliphatic carbocycles. The van der Waals surface area contributed by atoms with Crippen molar-refractivity contribution in [3.8, 4) is 0 Å². The molecule has 0 bridgehead atoms. The van der Waals surface area contributed by atoms with Crippen LogP contribution in [0.4, 0.5) is 16.4 Å². The monoisotopic (exact) mass is 267 g/mol. The molecule has 7 nitrogen and oxygen atoms in total. The number of carbonyl (C=O) groups excluding carboxylic acids is 1. The van der Waals surface area contributed by atoms with E-state index in [2.05, 4.69) is 26.1 Å². The van der Waals surface area contributed by atoms with Crippen molar-refractivity contribution in [1.29, 1.82) is 0 Å². The number of carbonyl (C=O) groups is 1. The summed E-state index contributed by atoms with van der Waals surface area (Å²) in [5, 5.41) is 16.3. The first-order valence-corrected chi connectivity index (χ1v) is 6.26. The minimum atomic E-state index is -0.287. The van der Waals surface area contributed by atoms with E-state index in [0.717, 1.165) is 13.0 Å². The molecule has 0 aromatic carbocycles. The highest BCUT2D eigenvalue weighted by atomic mass is 16.5. The van der Waals surface area contributed by atoms with E-state index in [1.54, 1.807) is 19.2 Å². The van der Waals surface area contributed by atoms with Crippen molar-refractivity contribution in [2.24, 2.45) is 0 Å². The van der Waals surface area contributed by atoms with Crippen LogP contribution < -0.4 is 16.0 Å². The second-order valence-corrected chi connectivity index (χ2v) is 4.33. The third-order valence-corrected chi connectivity index (χ3v) is 2.16. The largest absolute Gasteiger partial charge is 0.385 e. The molecule has 0 saturated heterocycles. The van der Waals surface area contributed by atoms with Gasteiger partial charge in [0.15, 0.2) is 5.82 Å². The van der Waals surface area contributed by atoms with Gasteiger partial charge in [0, 0.05) is 26.3 Å². The maximum Gasteiger partial charge on any atom is 0.320 e. The highest BCUT2D eigenvalue weighted by molar-refractivity contribution is 5.88. The minimum absolute atomic E-state index is 0.0784. The minimum Gasteiger partial charge on any atom is -0.385 e. The van der Waals surface area contributed by atoms with Gasteiger partial charge in [0.2, 0.25) is 0 Å². The molecular weight excluding hydrogens is 246 g/mol. The van der Waals surface area contributed by atoms with Crippen molar-refractivity contribution in [1.82, 2.24) is 15.5 Å². The van der Waals surface area contributed by atoms with Crippen LogP contribution in [0.1, 0.15) is 20.3 Å². The Bertz CT molecular complexity index is 380. The van der Waals surface area contributed by atoms with Crippen LogP contribution >= 0.6 is 0 Å². The number of rotatable bonds is 7. The van der Waals surface area contributed by atoms with Gasteiger partial charge in [-0.05, 0) is 32.4 Å². The number of aromatic nitrogens is 2. The van der Waals surface area contributed by atoms with Gasteiger partial charge < -0.3 is 15.4 Å². The Hall–Kier alpha value is -1.89. The molecule has 2 amide bonds. The van der Waals surface area contributed by atoms with Gasteiger partial charge in [-0.15, -0.1) is 10.2 Å².